The quantitative estimate of drug-likeness (QED) is 0.143. The maximum absolute atomic E-state index is 10.9. The minimum absolute atomic E-state index is 0.208. The van der Waals surface area contributed by atoms with Gasteiger partial charge < -0.3 is 20.4 Å². The van der Waals surface area contributed by atoms with E-state index in [-0.39, 0.29) is 11.6 Å². The largest absolute Gasteiger partial charge is 0.489 e. The summed E-state index contributed by atoms with van der Waals surface area (Å²) in [5.74, 6) is 0.629. The summed E-state index contributed by atoms with van der Waals surface area (Å²) in [5, 5.41) is 11.8. The zero-order chi connectivity index (χ0) is 28.7. The Labute approximate surface area is 241 Å². The maximum Gasteiger partial charge on any atom is 0.331 e. The Balaban J connectivity index is 0.000000415. The summed E-state index contributed by atoms with van der Waals surface area (Å²) in [6.45, 7) is 3.96. The van der Waals surface area contributed by atoms with Crippen molar-refractivity contribution in [2.24, 2.45) is 11.7 Å². The Morgan fingerprint density at radius 1 is 1.07 bits per heavy atom. The van der Waals surface area contributed by atoms with Gasteiger partial charge in [-0.25, -0.2) is 9.78 Å². The van der Waals surface area contributed by atoms with E-state index < -0.39 is 5.97 Å². The summed E-state index contributed by atoms with van der Waals surface area (Å²) < 4.78 is 5.83. The molecule has 1 aliphatic rings. The summed E-state index contributed by atoms with van der Waals surface area (Å²) in [5.41, 5.74) is 10.5. The Hall–Kier alpha value is -3.55. The third kappa shape index (κ3) is 10.9. The fourth-order valence-corrected chi connectivity index (χ4v) is 5.36. The lowest BCUT2D eigenvalue weighted by Crippen LogP contribution is -2.13. The lowest BCUT2D eigenvalue weighted by Gasteiger charge is -2.18. The molecule has 6 nitrogen and oxygen atoms in total. The second-order valence-electron chi connectivity index (χ2n) is 10.3. The number of carbonyl (C=O) groups is 2. The molecule has 3 aromatic rings. The van der Waals surface area contributed by atoms with Gasteiger partial charge in [-0.3, -0.25) is 0 Å². The zero-order valence-electron chi connectivity index (χ0n) is 23.4. The molecule has 0 radical (unpaired) electrons. The summed E-state index contributed by atoms with van der Waals surface area (Å²) in [7, 11) is 0. The van der Waals surface area contributed by atoms with Gasteiger partial charge in [0.2, 0.25) is 0 Å². The van der Waals surface area contributed by atoms with Gasteiger partial charge in [-0.1, -0.05) is 74.6 Å². The van der Waals surface area contributed by atoms with Crippen LogP contribution in [0, 0.1) is 5.92 Å². The highest BCUT2D eigenvalue weighted by Gasteiger charge is 2.13. The van der Waals surface area contributed by atoms with Crippen molar-refractivity contribution in [3.63, 3.8) is 0 Å². The second-order valence-corrected chi connectivity index (χ2v) is 11.2. The maximum atomic E-state index is 10.9. The van der Waals surface area contributed by atoms with E-state index in [1.54, 1.807) is 13.0 Å². The molecule has 0 bridgehead atoms. The molecular formula is C33H40N2O4S. The zero-order valence-corrected chi connectivity index (χ0v) is 24.2. The molecule has 1 fully saturated rings. The fourth-order valence-electron chi connectivity index (χ4n) is 4.58. The van der Waals surface area contributed by atoms with Gasteiger partial charge in [0.05, 0.1) is 11.7 Å². The van der Waals surface area contributed by atoms with E-state index in [4.69, 9.17) is 15.6 Å². The number of benzene rings is 2. The number of thiazole rings is 1. The lowest BCUT2D eigenvalue weighted by atomic mass is 9.87. The number of hydrogen-bond donors (Lipinski definition) is 2. The molecule has 40 heavy (non-hydrogen) atoms. The number of carboxylic acid groups (broad SMARTS) is 1. The third-order valence-corrected chi connectivity index (χ3v) is 7.79. The van der Waals surface area contributed by atoms with Crippen LogP contribution in [0.25, 0.3) is 6.08 Å². The number of ether oxygens (including phenoxy) is 1. The van der Waals surface area contributed by atoms with Crippen LogP contribution in [0.5, 0.6) is 5.75 Å². The normalized spacial score (nSPS) is 15.1. The van der Waals surface area contributed by atoms with Crippen LogP contribution in [-0.4, -0.2) is 22.3 Å². The highest BCUT2D eigenvalue weighted by atomic mass is 32.1. The molecule has 1 aromatic heterocycles. The number of rotatable bonds is 11. The Kier molecular flexibility index (Phi) is 12.8. The average molecular weight is 561 g/mol. The first-order valence-corrected chi connectivity index (χ1v) is 14.7. The van der Waals surface area contributed by atoms with Crippen molar-refractivity contribution in [3.05, 3.63) is 99.0 Å². The summed E-state index contributed by atoms with van der Waals surface area (Å²) in [6.07, 6.45) is 12.7. The van der Waals surface area contributed by atoms with Crippen LogP contribution in [-0.2, 0) is 22.6 Å². The van der Waals surface area contributed by atoms with Gasteiger partial charge in [0, 0.05) is 17.4 Å². The van der Waals surface area contributed by atoms with Crippen molar-refractivity contribution in [2.45, 2.75) is 71.4 Å². The van der Waals surface area contributed by atoms with Crippen LogP contribution >= 0.6 is 11.3 Å². The molecule has 7 heteroatoms. The first-order valence-electron chi connectivity index (χ1n) is 13.8. The molecule has 0 amide bonds. The van der Waals surface area contributed by atoms with Gasteiger partial charge in [-0.05, 0) is 67.2 Å². The number of nitrogens with two attached hydrogens (primary N) is 1. The molecule has 0 aliphatic heterocycles. The van der Waals surface area contributed by atoms with Crippen molar-refractivity contribution in [2.75, 3.05) is 0 Å². The number of aldehydes is 1. The van der Waals surface area contributed by atoms with Gasteiger partial charge in [0.15, 0.2) is 0 Å². The highest BCUT2D eigenvalue weighted by Crippen LogP contribution is 2.25. The van der Waals surface area contributed by atoms with Crippen LogP contribution in [0.4, 0.5) is 0 Å². The van der Waals surface area contributed by atoms with Crippen LogP contribution in [0.3, 0.4) is 0 Å². The molecule has 1 atom stereocenters. The topological polar surface area (TPSA) is 103 Å². The second kappa shape index (κ2) is 16.5. The summed E-state index contributed by atoms with van der Waals surface area (Å²) in [6, 6.07) is 17.8. The minimum Gasteiger partial charge on any atom is -0.489 e. The van der Waals surface area contributed by atoms with Gasteiger partial charge in [-0.2, -0.15) is 0 Å². The lowest BCUT2D eigenvalue weighted by molar-refractivity contribution is -0.132. The van der Waals surface area contributed by atoms with Gasteiger partial charge in [0.1, 0.15) is 23.7 Å². The Bertz CT molecular complexity index is 1260. The smallest absolute Gasteiger partial charge is 0.331 e. The van der Waals surface area contributed by atoms with E-state index in [9.17, 15) is 9.59 Å². The minimum atomic E-state index is -0.926. The van der Waals surface area contributed by atoms with Gasteiger partial charge in [-0.15, -0.1) is 11.3 Å². The number of carboxylic acids is 1. The average Bonchev–Trinajstić information content (AvgIpc) is 3.43. The van der Waals surface area contributed by atoms with Crippen molar-refractivity contribution >= 4 is 29.7 Å². The van der Waals surface area contributed by atoms with Gasteiger partial charge >= 0.3 is 5.97 Å². The monoisotopic (exact) mass is 560 g/mol. The molecule has 3 N–H and O–H groups in total. The third-order valence-electron chi connectivity index (χ3n) is 6.80. The van der Waals surface area contributed by atoms with E-state index in [0.29, 0.717) is 13.0 Å². The van der Waals surface area contributed by atoms with Crippen LogP contribution in [0.1, 0.15) is 80.2 Å². The molecule has 1 aliphatic carbocycles. The number of aliphatic carboxylic acids is 1. The summed E-state index contributed by atoms with van der Waals surface area (Å²) >= 11 is 1.51. The van der Waals surface area contributed by atoms with Crippen molar-refractivity contribution < 1.29 is 19.4 Å². The molecule has 212 valence electrons. The number of carbonyl (C=O) groups excluding carboxylic acids is 1. The number of aromatic nitrogens is 1. The highest BCUT2D eigenvalue weighted by molar-refractivity contribution is 7.09. The van der Waals surface area contributed by atoms with E-state index in [1.165, 1.54) is 43.4 Å². The molecule has 0 saturated heterocycles. The van der Waals surface area contributed by atoms with Crippen LogP contribution in [0.2, 0.25) is 0 Å². The van der Waals surface area contributed by atoms with Crippen molar-refractivity contribution in [1.29, 1.82) is 0 Å². The molecule has 2 aromatic carbocycles. The standard InChI is InChI=1S/C25H26N2O3S.C8H14O/c1-17(12-18(2)25(28)29)13-21-16-31-24(27-21)23(26)14-19-8-10-22(11-9-19)30-15-20-6-4-3-5-7-20;9-7-6-8-4-2-1-3-5-8/h3-13,16,23H,14-15,26H2,1-2H3,(H,28,29);7-8H,1-6H2/b17-13+,18-12-;. The van der Waals surface area contributed by atoms with E-state index in [2.05, 4.69) is 4.98 Å². The number of allylic oxidation sites excluding steroid dienone is 2. The van der Waals surface area contributed by atoms with Crippen molar-refractivity contribution in [1.82, 2.24) is 4.98 Å². The fraction of sp³-hybridized carbons (Fsp3) is 0.364. The molecule has 1 saturated carbocycles. The van der Waals surface area contributed by atoms with Crippen LogP contribution in [0.15, 0.2) is 77.2 Å². The first kappa shape index (κ1) is 31.0. The predicted octanol–water partition coefficient (Wildman–Crippen LogP) is 7.55. The Morgan fingerprint density at radius 2 is 1.77 bits per heavy atom. The van der Waals surface area contributed by atoms with Gasteiger partial charge in [0.25, 0.3) is 0 Å². The molecule has 0 spiro atoms. The first-order chi connectivity index (χ1) is 19.3. The van der Waals surface area contributed by atoms with E-state index >= 15 is 0 Å². The molecule has 4 rings (SSSR count). The SMILES string of the molecule is C/C(=C/C(C)=C/c1csc(C(N)Cc2ccc(OCc3ccccc3)cc2)n1)C(=O)O.O=CCC1CCCCC1. The van der Waals surface area contributed by atoms with Crippen molar-refractivity contribution in [3.8, 4) is 5.75 Å². The number of hydrogen-bond acceptors (Lipinski definition) is 6. The predicted molar refractivity (Wildman–Crippen MR) is 162 cm³/mol. The molecule has 1 unspecified atom stereocenters. The van der Waals surface area contributed by atoms with Crippen LogP contribution < -0.4 is 10.5 Å². The summed E-state index contributed by atoms with van der Waals surface area (Å²) in [4.78, 5) is 25.6. The van der Waals surface area contributed by atoms with E-state index in [0.717, 1.165) is 51.8 Å². The Morgan fingerprint density at radius 3 is 2.42 bits per heavy atom. The van der Waals surface area contributed by atoms with E-state index in [1.807, 2.05) is 73.0 Å². The molecule has 1 heterocycles. The molecular weight excluding hydrogens is 520 g/mol. The number of nitrogens with zero attached hydrogens (tertiary/aromatic N) is 1.